The Bertz CT molecular complexity index is 887. The number of nitrogens with zero attached hydrogens (tertiary/aromatic N) is 2. The van der Waals surface area contributed by atoms with Crippen LogP contribution in [0.2, 0.25) is 0 Å². The maximum absolute atomic E-state index is 12.4. The molecule has 8 heteroatoms. The molecule has 1 aromatic carbocycles. The minimum absolute atomic E-state index is 0.0110. The molecule has 7 nitrogen and oxygen atoms in total. The molecule has 0 bridgehead atoms. The molecular weight excluding hydrogens is 424 g/mol. The van der Waals surface area contributed by atoms with Gasteiger partial charge in [-0.25, -0.2) is 23.1 Å². The van der Waals surface area contributed by atoms with Gasteiger partial charge in [-0.05, 0) is 36.8 Å². The van der Waals surface area contributed by atoms with Crippen molar-refractivity contribution in [2.75, 3.05) is 10.0 Å². The van der Waals surface area contributed by atoms with Crippen LogP contribution in [0.5, 0.6) is 0 Å². The first-order valence-corrected chi connectivity index (χ1v) is 13.2. The number of nitrogens with one attached hydrogen (secondary N) is 2. The van der Waals surface area contributed by atoms with Crippen LogP contribution < -0.4 is 10.0 Å². The van der Waals surface area contributed by atoms with E-state index in [1.165, 1.54) is 82.3 Å². The van der Waals surface area contributed by atoms with Gasteiger partial charge in [-0.15, -0.1) is 0 Å². The van der Waals surface area contributed by atoms with Crippen molar-refractivity contribution in [3.05, 3.63) is 42.7 Å². The van der Waals surface area contributed by atoms with Gasteiger partial charge in [0.2, 0.25) is 11.9 Å². The van der Waals surface area contributed by atoms with E-state index in [9.17, 15) is 13.2 Å². The molecule has 1 aromatic heterocycles. The molecule has 0 radical (unpaired) electrons. The van der Waals surface area contributed by atoms with Gasteiger partial charge < -0.3 is 5.32 Å². The fraction of sp³-hybridized carbons (Fsp3) is 0.542. The Labute approximate surface area is 192 Å². The predicted molar refractivity (Wildman–Crippen MR) is 129 cm³/mol. The molecule has 2 rings (SSSR count). The molecule has 176 valence electrons. The molecule has 0 aliphatic heterocycles. The molecule has 2 aromatic rings. The Balaban J connectivity index is 1.61. The molecule has 0 atom stereocenters. The van der Waals surface area contributed by atoms with E-state index >= 15 is 0 Å². The third kappa shape index (κ3) is 10.2. The van der Waals surface area contributed by atoms with E-state index in [1.54, 1.807) is 18.2 Å². The largest absolute Gasteiger partial charge is 0.326 e. The second-order valence-electron chi connectivity index (χ2n) is 8.04. The van der Waals surface area contributed by atoms with Gasteiger partial charge in [-0.2, -0.15) is 0 Å². The third-order valence-corrected chi connectivity index (χ3v) is 6.59. The van der Waals surface area contributed by atoms with E-state index in [1.807, 2.05) is 0 Å². The molecule has 0 saturated carbocycles. The first-order chi connectivity index (χ1) is 15.5. The lowest BCUT2D eigenvalue weighted by molar-refractivity contribution is -0.116. The van der Waals surface area contributed by atoms with Crippen molar-refractivity contribution in [3.63, 3.8) is 0 Å². The van der Waals surface area contributed by atoms with Gasteiger partial charge in [-0.3, -0.25) is 4.79 Å². The molecule has 1 amide bonds. The SMILES string of the molecule is CCCCCCCCCCCCCC(=O)Nc1ccc(S(=O)(=O)Nc2ncccn2)cc1. The smallest absolute Gasteiger partial charge is 0.264 e. The highest BCUT2D eigenvalue weighted by atomic mass is 32.2. The Hall–Kier alpha value is -2.48. The highest BCUT2D eigenvalue weighted by Gasteiger charge is 2.15. The van der Waals surface area contributed by atoms with Crippen LogP contribution in [0, 0.1) is 0 Å². The van der Waals surface area contributed by atoms with E-state index in [4.69, 9.17) is 0 Å². The number of sulfonamides is 1. The highest BCUT2D eigenvalue weighted by Crippen LogP contribution is 2.17. The zero-order valence-electron chi connectivity index (χ0n) is 19.1. The minimum atomic E-state index is -3.78. The molecule has 0 aliphatic rings. The molecule has 2 N–H and O–H groups in total. The van der Waals surface area contributed by atoms with Crippen LogP contribution in [0.15, 0.2) is 47.6 Å². The van der Waals surface area contributed by atoms with E-state index < -0.39 is 10.0 Å². The van der Waals surface area contributed by atoms with Crippen molar-refractivity contribution in [3.8, 4) is 0 Å². The molecule has 0 spiro atoms. The number of anilines is 2. The van der Waals surface area contributed by atoms with Crippen LogP contribution in [0.4, 0.5) is 11.6 Å². The second kappa shape index (κ2) is 14.6. The fourth-order valence-electron chi connectivity index (χ4n) is 3.42. The highest BCUT2D eigenvalue weighted by molar-refractivity contribution is 7.92. The summed E-state index contributed by atoms with van der Waals surface area (Å²) in [5, 5.41) is 2.83. The van der Waals surface area contributed by atoms with Crippen LogP contribution >= 0.6 is 0 Å². The molecular formula is C24H36N4O3S. The quantitative estimate of drug-likeness (QED) is 0.303. The summed E-state index contributed by atoms with van der Waals surface area (Å²) in [6.07, 6.45) is 17.1. The summed E-state index contributed by atoms with van der Waals surface area (Å²) in [6.45, 7) is 2.24. The van der Waals surface area contributed by atoms with E-state index in [-0.39, 0.29) is 16.8 Å². The average molecular weight is 461 g/mol. The van der Waals surface area contributed by atoms with Crippen molar-refractivity contribution in [1.29, 1.82) is 0 Å². The molecule has 0 unspecified atom stereocenters. The summed E-state index contributed by atoms with van der Waals surface area (Å²) < 4.78 is 27.1. The number of benzene rings is 1. The number of hydrogen-bond acceptors (Lipinski definition) is 5. The standard InChI is InChI=1S/C24H36N4O3S/c1-2-3-4-5-6-7-8-9-10-11-12-14-23(29)27-21-15-17-22(18-16-21)32(30,31)28-24-25-19-13-20-26-24/h13,15-20H,2-12,14H2,1H3,(H,27,29)(H,25,26,28). The van der Waals surface area contributed by atoms with E-state index in [2.05, 4.69) is 26.9 Å². The first kappa shape index (κ1) is 25.8. The van der Waals surface area contributed by atoms with Gasteiger partial charge in [0.25, 0.3) is 10.0 Å². The summed E-state index contributed by atoms with van der Waals surface area (Å²) in [5.74, 6) is -0.0378. The summed E-state index contributed by atoms with van der Waals surface area (Å²) in [6, 6.07) is 7.66. The van der Waals surface area contributed by atoms with Crippen molar-refractivity contribution in [2.24, 2.45) is 0 Å². The minimum Gasteiger partial charge on any atom is -0.326 e. The lowest BCUT2D eigenvalue weighted by Crippen LogP contribution is -2.15. The summed E-state index contributed by atoms with van der Waals surface area (Å²) in [4.78, 5) is 19.9. The number of amides is 1. The number of rotatable bonds is 16. The average Bonchev–Trinajstić information content (AvgIpc) is 2.78. The summed E-state index contributed by atoms with van der Waals surface area (Å²) >= 11 is 0. The third-order valence-electron chi connectivity index (χ3n) is 5.25. The second-order valence-corrected chi connectivity index (χ2v) is 9.72. The maximum Gasteiger partial charge on any atom is 0.264 e. The lowest BCUT2D eigenvalue weighted by atomic mass is 10.1. The van der Waals surface area contributed by atoms with Gasteiger partial charge in [0, 0.05) is 24.5 Å². The fourth-order valence-corrected chi connectivity index (χ4v) is 4.38. The van der Waals surface area contributed by atoms with Crippen LogP contribution in [0.25, 0.3) is 0 Å². The number of carbonyl (C=O) groups is 1. The normalized spacial score (nSPS) is 11.3. The van der Waals surface area contributed by atoms with Crippen LogP contribution in [0.1, 0.15) is 84.0 Å². The Morgan fingerprint density at radius 1 is 0.812 bits per heavy atom. The van der Waals surface area contributed by atoms with Crippen molar-refractivity contribution >= 4 is 27.6 Å². The van der Waals surface area contributed by atoms with E-state index in [0.717, 1.165) is 12.8 Å². The van der Waals surface area contributed by atoms with Gasteiger partial charge in [0.15, 0.2) is 0 Å². The zero-order chi connectivity index (χ0) is 23.1. The molecule has 0 saturated heterocycles. The number of aromatic nitrogens is 2. The number of hydrogen-bond donors (Lipinski definition) is 2. The summed E-state index contributed by atoms with van der Waals surface area (Å²) in [7, 11) is -3.78. The van der Waals surface area contributed by atoms with Crippen molar-refractivity contribution in [2.45, 2.75) is 88.9 Å². The van der Waals surface area contributed by atoms with Gasteiger partial charge in [-0.1, -0.05) is 71.1 Å². The summed E-state index contributed by atoms with van der Waals surface area (Å²) in [5.41, 5.74) is 0.577. The zero-order valence-corrected chi connectivity index (χ0v) is 19.9. The molecule has 0 aliphatic carbocycles. The molecule has 32 heavy (non-hydrogen) atoms. The maximum atomic E-state index is 12.4. The Kier molecular flexibility index (Phi) is 11.7. The Morgan fingerprint density at radius 3 is 1.91 bits per heavy atom. The van der Waals surface area contributed by atoms with Gasteiger partial charge in [0.1, 0.15) is 0 Å². The van der Waals surface area contributed by atoms with Crippen LogP contribution in [-0.4, -0.2) is 24.3 Å². The topological polar surface area (TPSA) is 101 Å². The Morgan fingerprint density at radius 2 is 1.34 bits per heavy atom. The van der Waals surface area contributed by atoms with Crippen molar-refractivity contribution in [1.82, 2.24) is 9.97 Å². The van der Waals surface area contributed by atoms with Gasteiger partial charge in [0.05, 0.1) is 4.90 Å². The van der Waals surface area contributed by atoms with Crippen LogP contribution in [-0.2, 0) is 14.8 Å². The van der Waals surface area contributed by atoms with E-state index in [0.29, 0.717) is 12.1 Å². The number of carbonyl (C=O) groups excluding carboxylic acids is 1. The monoisotopic (exact) mass is 460 g/mol. The molecule has 0 fully saturated rings. The van der Waals surface area contributed by atoms with Crippen molar-refractivity contribution < 1.29 is 13.2 Å². The number of unbranched alkanes of at least 4 members (excludes halogenated alkanes) is 10. The lowest BCUT2D eigenvalue weighted by Gasteiger charge is -2.08. The first-order valence-electron chi connectivity index (χ1n) is 11.7. The molecule has 1 heterocycles. The predicted octanol–water partition coefficient (Wildman–Crippen LogP) is 5.92. The van der Waals surface area contributed by atoms with Crippen LogP contribution in [0.3, 0.4) is 0 Å². The van der Waals surface area contributed by atoms with Gasteiger partial charge >= 0.3 is 0 Å².